The first-order valence-corrected chi connectivity index (χ1v) is 8.21. The van der Waals surface area contributed by atoms with Crippen molar-refractivity contribution in [2.45, 2.75) is 58.7 Å². The van der Waals surface area contributed by atoms with Crippen LogP contribution in [0.25, 0.3) is 0 Å². The van der Waals surface area contributed by atoms with Gasteiger partial charge in [-0.3, -0.25) is 9.80 Å². The highest BCUT2D eigenvalue weighted by Gasteiger charge is 2.58. The van der Waals surface area contributed by atoms with Crippen molar-refractivity contribution in [1.29, 1.82) is 0 Å². The van der Waals surface area contributed by atoms with Gasteiger partial charge in [0.1, 0.15) is 0 Å². The van der Waals surface area contributed by atoms with Crippen molar-refractivity contribution in [3.8, 4) is 0 Å². The number of nitrogens with zero attached hydrogens (tertiary/aromatic N) is 2. The quantitative estimate of drug-likeness (QED) is 0.831. The molecule has 3 atom stereocenters. The highest BCUT2D eigenvalue weighted by atomic mass is 16.5. The molecule has 4 nitrogen and oxygen atoms in total. The number of hydrogen-bond acceptors (Lipinski definition) is 4. The molecule has 4 heteroatoms. The summed E-state index contributed by atoms with van der Waals surface area (Å²) in [5, 5.41) is 0. The summed E-state index contributed by atoms with van der Waals surface area (Å²) >= 11 is 0. The number of hydrogen-bond donors (Lipinski definition) is 1. The van der Waals surface area contributed by atoms with E-state index in [0.717, 1.165) is 39.2 Å². The minimum Gasteiger partial charge on any atom is -0.378 e. The molecule has 3 unspecified atom stereocenters. The first kappa shape index (κ1) is 16.2. The third kappa shape index (κ3) is 2.76. The molecule has 2 fully saturated rings. The normalized spacial score (nSPS) is 38.7. The lowest BCUT2D eigenvalue weighted by Crippen LogP contribution is -2.74. The van der Waals surface area contributed by atoms with Gasteiger partial charge >= 0.3 is 0 Å². The van der Waals surface area contributed by atoms with E-state index in [4.69, 9.17) is 10.5 Å². The summed E-state index contributed by atoms with van der Waals surface area (Å²) < 4.78 is 5.83. The molecule has 118 valence electrons. The van der Waals surface area contributed by atoms with Crippen LogP contribution in [-0.2, 0) is 4.74 Å². The lowest BCUT2D eigenvalue weighted by Gasteiger charge is -2.61. The second kappa shape index (κ2) is 5.91. The second-order valence-corrected chi connectivity index (χ2v) is 7.24. The van der Waals surface area contributed by atoms with Gasteiger partial charge in [0.05, 0.1) is 6.10 Å². The Morgan fingerprint density at radius 1 is 1.25 bits per heavy atom. The van der Waals surface area contributed by atoms with Crippen molar-refractivity contribution in [3.05, 3.63) is 0 Å². The smallest absolute Gasteiger partial charge is 0.0662 e. The second-order valence-electron chi connectivity index (χ2n) is 7.24. The van der Waals surface area contributed by atoms with Crippen molar-refractivity contribution in [2.75, 3.05) is 39.3 Å². The van der Waals surface area contributed by atoms with E-state index in [1.165, 1.54) is 6.54 Å². The average molecular weight is 283 g/mol. The van der Waals surface area contributed by atoms with Gasteiger partial charge in [-0.2, -0.15) is 0 Å². The molecule has 0 aromatic carbocycles. The molecule has 0 amide bonds. The van der Waals surface area contributed by atoms with Crippen molar-refractivity contribution in [2.24, 2.45) is 11.1 Å². The van der Waals surface area contributed by atoms with Gasteiger partial charge in [0.15, 0.2) is 0 Å². The molecule has 0 spiro atoms. The molecule has 1 aliphatic heterocycles. The third-order valence-corrected chi connectivity index (χ3v) is 5.77. The fourth-order valence-electron chi connectivity index (χ4n) is 3.86. The van der Waals surface area contributed by atoms with E-state index in [0.29, 0.717) is 12.1 Å². The molecule has 0 aromatic rings. The van der Waals surface area contributed by atoms with Crippen molar-refractivity contribution in [1.82, 2.24) is 9.80 Å². The maximum atomic E-state index is 6.71. The summed E-state index contributed by atoms with van der Waals surface area (Å²) in [5.41, 5.74) is 6.69. The van der Waals surface area contributed by atoms with Gasteiger partial charge < -0.3 is 10.5 Å². The number of ether oxygens (including phenoxy) is 1. The third-order valence-electron chi connectivity index (χ3n) is 5.77. The Bertz CT molecular complexity index is 334. The van der Waals surface area contributed by atoms with Gasteiger partial charge in [-0.15, -0.1) is 0 Å². The van der Waals surface area contributed by atoms with Crippen LogP contribution in [0.3, 0.4) is 0 Å². The highest BCUT2D eigenvalue weighted by Crippen LogP contribution is 2.50. The molecule has 0 bridgehead atoms. The Morgan fingerprint density at radius 3 is 2.45 bits per heavy atom. The van der Waals surface area contributed by atoms with Gasteiger partial charge in [0.25, 0.3) is 0 Å². The Morgan fingerprint density at radius 2 is 1.95 bits per heavy atom. The SMILES string of the molecule is CCOC1CC(N)(CN2CCN(CC)C(C)C2)C1(C)C. The molecule has 0 aromatic heterocycles. The average Bonchev–Trinajstić information content (AvgIpc) is 2.38. The van der Waals surface area contributed by atoms with Gasteiger partial charge in [0, 0.05) is 49.8 Å². The standard InChI is InChI=1S/C16H33N3O/c1-6-19-9-8-18(11-13(19)3)12-16(17)10-14(20-7-2)15(16,4)5/h13-14H,6-12,17H2,1-5H3. The predicted molar refractivity (Wildman–Crippen MR) is 83.9 cm³/mol. The predicted octanol–water partition coefficient (Wildman–Crippen LogP) is 1.54. The van der Waals surface area contributed by atoms with Crippen LogP contribution < -0.4 is 5.73 Å². The van der Waals surface area contributed by atoms with Crippen molar-refractivity contribution in [3.63, 3.8) is 0 Å². The number of piperazine rings is 1. The van der Waals surface area contributed by atoms with Gasteiger partial charge in [-0.1, -0.05) is 20.8 Å². The number of nitrogens with two attached hydrogens (primary N) is 1. The zero-order chi connectivity index (χ0) is 15.0. The Kier molecular flexibility index (Phi) is 4.80. The van der Waals surface area contributed by atoms with Crippen LogP contribution in [0.2, 0.25) is 0 Å². The van der Waals surface area contributed by atoms with Gasteiger partial charge in [-0.05, 0) is 26.8 Å². The zero-order valence-electron chi connectivity index (χ0n) is 14.0. The van der Waals surface area contributed by atoms with E-state index in [1.807, 2.05) is 0 Å². The minimum atomic E-state index is -0.0963. The topological polar surface area (TPSA) is 41.7 Å². The van der Waals surface area contributed by atoms with Crippen molar-refractivity contribution < 1.29 is 4.74 Å². The lowest BCUT2D eigenvalue weighted by molar-refractivity contribution is -0.158. The van der Waals surface area contributed by atoms with Crippen LogP contribution in [-0.4, -0.2) is 66.8 Å². The van der Waals surface area contributed by atoms with Crippen molar-refractivity contribution >= 4 is 0 Å². The van der Waals surface area contributed by atoms with E-state index in [1.54, 1.807) is 0 Å². The van der Waals surface area contributed by atoms with Crippen LogP contribution >= 0.6 is 0 Å². The molecular formula is C16H33N3O. The van der Waals surface area contributed by atoms with E-state index in [9.17, 15) is 0 Å². The van der Waals surface area contributed by atoms with E-state index < -0.39 is 0 Å². The first-order chi connectivity index (χ1) is 9.34. The summed E-state index contributed by atoms with van der Waals surface area (Å²) in [5.74, 6) is 0. The van der Waals surface area contributed by atoms with E-state index >= 15 is 0 Å². The van der Waals surface area contributed by atoms with Crippen LogP contribution in [0.1, 0.15) is 41.0 Å². The molecule has 1 saturated heterocycles. The Hall–Kier alpha value is -0.160. The molecule has 0 radical (unpaired) electrons. The summed E-state index contributed by atoms with van der Waals surface area (Å²) in [7, 11) is 0. The molecule has 2 rings (SSSR count). The molecule has 1 aliphatic carbocycles. The maximum absolute atomic E-state index is 6.71. The monoisotopic (exact) mass is 283 g/mol. The van der Waals surface area contributed by atoms with Crippen LogP contribution in [0.4, 0.5) is 0 Å². The lowest BCUT2D eigenvalue weighted by atomic mass is 9.54. The molecule has 1 heterocycles. The largest absolute Gasteiger partial charge is 0.378 e. The summed E-state index contributed by atoms with van der Waals surface area (Å²) in [4.78, 5) is 5.11. The highest BCUT2D eigenvalue weighted by molar-refractivity contribution is 5.15. The van der Waals surface area contributed by atoms with Gasteiger partial charge in [-0.25, -0.2) is 0 Å². The first-order valence-electron chi connectivity index (χ1n) is 8.21. The summed E-state index contributed by atoms with van der Waals surface area (Å²) in [6.45, 7) is 17.6. The van der Waals surface area contributed by atoms with E-state index in [2.05, 4.69) is 44.4 Å². The molecule has 1 saturated carbocycles. The van der Waals surface area contributed by atoms with Crippen LogP contribution in [0, 0.1) is 5.41 Å². The number of likely N-dealkylation sites (N-methyl/N-ethyl adjacent to an activating group) is 1. The summed E-state index contributed by atoms with van der Waals surface area (Å²) in [6.07, 6.45) is 1.32. The van der Waals surface area contributed by atoms with Gasteiger partial charge in [0.2, 0.25) is 0 Å². The molecule has 20 heavy (non-hydrogen) atoms. The maximum Gasteiger partial charge on any atom is 0.0662 e. The van der Waals surface area contributed by atoms with E-state index in [-0.39, 0.29) is 11.0 Å². The Labute approximate surface area is 124 Å². The summed E-state index contributed by atoms with van der Waals surface area (Å²) in [6, 6.07) is 0.642. The number of rotatable bonds is 5. The molecule has 2 N–H and O–H groups in total. The Balaban J connectivity index is 1.91. The van der Waals surface area contributed by atoms with Crippen LogP contribution in [0.5, 0.6) is 0 Å². The molecular weight excluding hydrogens is 250 g/mol. The van der Waals surface area contributed by atoms with Crippen LogP contribution in [0.15, 0.2) is 0 Å². The minimum absolute atomic E-state index is 0.0775. The fraction of sp³-hybridized carbons (Fsp3) is 1.00. The fourth-order valence-corrected chi connectivity index (χ4v) is 3.86. The zero-order valence-corrected chi connectivity index (χ0v) is 14.0. The molecule has 2 aliphatic rings.